The third-order valence-electron chi connectivity index (χ3n) is 3.01. The number of hydrogen-bond acceptors (Lipinski definition) is 3. The zero-order valence-electron chi connectivity index (χ0n) is 11.2. The molecule has 0 spiro atoms. The first-order valence-electron chi connectivity index (χ1n) is 6.07. The van der Waals surface area contributed by atoms with Gasteiger partial charge in [0.2, 0.25) is 5.56 Å². The Bertz CT molecular complexity index is 707. The van der Waals surface area contributed by atoms with E-state index < -0.39 is 11.8 Å². The SMILES string of the molecule is COC(=O)Cc1cc(C)c(-c2cccc(=O)[nH]2)cc1F. The lowest BCUT2D eigenvalue weighted by Crippen LogP contribution is -2.08. The standard InChI is InChI=1S/C15H14FNO3/c1-9-6-10(7-15(19)20-2)12(16)8-11(9)13-4-3-5-14(18)17-13/h3-6,8H,7H2,1-2H3,(H,17,18). The number of methoxy groups -OCH3 is 1. The van der Waals surface area contributed by atoms with Crippen LogP contribution < -0.4 is 5.56 Å². The molecule has 0 saturated heterocycles. The monoisotopic (exact) mass is 275 g/mol. The number of halogens is 1. The highest BCUT2D eigenvalue weighted by Gasteiger charge is 2.12. The van der Waals surface area contributed by atoms with Crippen LogP contribution in [0.3, 0.4) is 0 Å². The molecule has 4 nitrogen and oxygen atoms in total. The number of ether oxygens (including phenoxy) is 1. The molecule has 1 N–H and O–H groups in total. The summed E-state index contributed by atoms with van der Waals surface area (Å²) in [6, 6.07) is 7.60. The largest absolute Gasteiger partial charge is 0.469 e. The molecule has 1 aromatic heterocycles. The third-order valence-corrected chi connectivity index (χ3v) is 3.01. The first-order chi connectivity index (χ1) is 9.51. The summed E-state index contributed by atoms with van der Waals surface area (Å²) >= 11 is 0. The van der Waals surface area contributed by atoms with Gasteiger partial charge in [0.05, 0.1) is 13.5 Å². The smallest absolute Gasteiger partial charge is 0.310 e. The second-order valence-electron chi connectivity index (χ2n) is 4.44. The molecule has 0 radical (unpaired) electrons. The molecule has 0 atom stereocenters. The van der Waals surface area contributed by atoms with Crippen molar-refractivity contribution in [2.24, 2.45) is 0 Å². The zero-order valence-corrected chi connectivity index (χ0v) is 11.2. The van der Waals surface area contributed by atoms with E-state index in [-0.39, 0.29) is 17.5 Å². The number of aromatic amines is 1. The van der Waals surface area contributed by atoms with E-state index in [0.29, 0.717) is 11.3 Å². The van der Waals surface area contributed by atoms with Crippen LogP contribution in [0.15, 0.2) is 35.1 Å². The molecule has 5 heteroatoms. The van der Waals surface area contributed by atoms with Crippen molar-refractivity contribution >= 4 is 5.97 Å². The Balaban J connectivity index is 2.45. The molecule has 0 unspecified atom stereocenters. The van der Waals surface area contributed by atoms with Crippen molar-refractivity contribution in [3.63, 3.8) is 0 Å². The van der Waals surface area contributed by atoms with E-state index >= 15 is 0 Å². The minimum absolute atomic E-state index is 0.116. The van der Waals surface area contributed by atoms with Gasteiger partial charge in [-0.3, -0.25) is 9.59 Å². The molecule has 0 bridgehead atoms. The van der Waals surface area contributed by atoms with Gasteiger partial charge in [-0.25, -0.2) is 4.39 Å². The number of esters is 1. The molecule has 20 heavy (non-hydrogen) atoms. The number of H-pyrrole nitrogens is 1. The Morgan fingerprint density at radius 2 is 2.10 bits per heavy atom. The van der Waals surface area contributed by atoms with Gasteiger partial charge in [0, 0.05) is 17.3 Å². The molecule has 104 valence electrons. The molecular weight excluding hydrogens is 261 g/mol. The molecule has 2 rings (SSSR count). The molecule has 1 heterocycles. The number of benzene rings is 1. The summed E-state index contributed by atoms with van der Waals surface area (Å²) in [7, 11) is 1.26. The lowest BCUT2D eigenvalue weighted by Gasteiger charge is -2.09. The summed E-state index contributed by atoms with van der Waals surface area (Å²) in [5.74, 6) is -0.995. The highest BCUT2D eigenvalue weighted by Crippen LogP contribution is 2.24. The maximum absolute atomic E-state index is 14.0. The summed E-state index contributed by atoms with van der Waals surface area (Å²) < 4.78 is 18.5. The van der Waals surface area contributed by atoms with Crippen LogP contribution in [0.1, 0.15) is 11.1 Å². The molecule has 0 aliphatic rings. The van der Waals surface area contributed by atoms with Gasteiger partial charge in [-0.2, -0.15) is 0 Å². The Kier molecular flexibility index (Phi) is 3.98. The topological polar surface area (TPSA) is 59.2 Å². The van der Waals surface area contributed by atoms with Gasteiger partial charge in [0.25, 0.3) is 0 Å². The minimum Gasteiger partial charge on any atom is -0.469 e. The van der Waals surface area contributed by atoms with E-state index in [1.807, 2.05) is 0 Å². The quantitative estimate of drug-likeness (QED) is 0.874. The number of aryl methyl sites for hydroxylation is 1. The van der Waals surface area contributed by atoms with E-state index in [1.165, 1.54) is 19.2 Å². The van der Waals surface area contributed by atoms with E-state index in [1.54, 1.807) is 25.1 Å². The van der Waals surface area contributed by atoms with Crippen molar-refractivity contribution in [3.8, 4) is 11.3 Å². The van der Waals surface area contributed by atoms with E-state index in [4.69, 9.17) is 0 Å². The van der Waals surface area contributed by atoms with Crippen LogP contribution in [0.25, 0.3) is 11.3 Å². The van der Waals surface area contributed by atoms with Gasteiger partial charge in [-0.1, -0.05) is 12.1 Å². The van der Waals surface area contributed by atoms with Crippen LogP contribution in [0.2, 0.25) is 0 Å². The molecule has 0 aliphatic heterocycles. The van der Waals surface area contributed by atoms with Crippen molar-refractivity contribution in [2.45, 2.75) is 13.3 Å². The highest BCUT2D eigenvalue weighted by molar-refractivity contribution is 5.73. The third kappa shape index (κ3) is 2.93. The summed E-state index contributed by atoms with van der Waals surface area (Å²) in [6.45, 7) is 1.79. The van der Waals surface area contributed by atoms with Crippen LogP contribution in [0.5, 0.6) is 0 Å². The number of hydrogen-bond donors (Lipinski definition) is 1. The summed E-state index contributed by atoms with van der Waals surface area (Å²) in [4.78, 5) is 25.2. The lowest BCUT2D eigenvalue weighted by atomic mass is 10.00. The summed E-state index contributed by atoms with van der Waals surface area (Å²) in [5, 5.41) is 0. The zero-order chi connectivity index (χ0) is 14.7. The van der Waals surface area contributed by atoms with Crippen molar-refractivity contribution in [3.05, 3.63) is 57.6 Å². The van der Waals surface area contributed by atoms with Crippen LogP contribution >= 0.6 is 0 Å². The van der Waals surface area contributed by atoms with E-state index in [0.717, 1.165) is 5.56 Å². The molecule has 0 fully saturated rings. The van der Waals surface area contributed by atoms with Gasteiger partial charge in [0.1, 0.15) is 5.82 Å². The van der Waals surface area contributed by atoms with E-state index in [9.17, 15) is 14.0 Å². The normalized spacial score (nSPS) is 10.3. The second kappa shape index (κ2) is 5.69. The molecule has 2 aromatic rings. The fourth-order valence-corrected chi connectivity index (χ4v) is 2.00. The molecule has 0 aliphatic carbocycles. The van der Waals surface area contributed by atoms with Crippen LogP contribution in [0.4, 0.5) is 4.39 Å². The number of aromatic nitrogens is 1. The Morgan fingerprint density at radius 1 is 1.35 bits per heavy atom. The van der Waals surface area contributed by atoms with Gasteiger partial charge < -0.3 is 9.72 Å². The molecule has 0 saturated carbocycles. The Morgan fingerprint density at radius 3 is 2.75 bits per heavy atom. The maximum atomic E-state index is 14.0. The fraction of sp³-hybridized carbons (Fsp3) is 0.200. The number of carbonyl (C=O) groups excluding carboxylic acids is 1. The van der Waals surface area contributed by atoms with Crippen molar-refractivity contribution < 1.29 is 13.9 Å². The average Bonchev–Trinajstić information content (AvgIpc) is 2.42. The predicted molar refractivity (Wildman–Crippen MR) is 72.9 cm³/mol. The fourth-order valence-electron chi connectivity index (χ4n) is 2.00. The minimum atomic E-state index is -0.499. The highest BCUT2D eigenvalue weighted by atomic mass is 19.1. The summed E-state index contributed by atoms with van der Waals surface area (Å²) in [5.41, 5.74) is 1.93. The lowest BCUT2D eigenvalue weighted by molar-refractivity contribution is -0.139. The number of rotatable bonds is 3. The first-order valence-corrected chi connectivity index (χ1v) is 6.07. The number of pyridine rings is 1. The van der Waals surface area contributed by atoms with Crippen molar-refractivity contribution in [1.29, 1.82) is 0 Å². The molecule has 0 amide bonds. The Hall–Kier alpha value is -2.43. The van der Waals surface area contributed by atoms with Gasteiger partial charge in [-0.15, -0.1) is 0 Å². The van der Waals surface area contributed by atoms with Crippen molar-refractivity contribution in [2.75, 3.05) is 7.11 Å². The maximum Gasteiger partial charge on any atom is 0.310 e. The summed E-state index contributed by atoms with van der Waals surface area (Å²) in [6.07, 6.45) is -0.116. The van der Waals surface area contributed by atoms with Gasteiger partial charge in [-0.05, 0) is 30.2 Å². The molecule has 1 aromatic carbocycles. The van der Waals surface area contributed by atoms with Crippen LogP contribution in [-0.2, 0) is 16.0 Å². The predicted octanol–water partition coefficient (Wildman–Crippen LogP) is 2.20. The molecular formula is C15H14FNO3. The second-order valence-corrected chi connectivity index (χ2v) is 4.44. The Labute approximate surface area is 115 Å². The number of carbonyl (C=O) groups is 1. The van der Waals surface area contributed by atoms with Gasteiger partial charge >= 0.3 is 5.97 Å². The van der Waals surface area contributed by atoms with Crippen LogP contribution in [0, 0.1) is 12.7 Å². The van der Waals surface area contributed by atoms with Crippen molar-refractivity contribution in [1.82, 2.24) is 4.98 Å². The van der Waals surface area contributed by atoms with Gasteiger partial charge in [0.15, 0.2) is 0 Å². The number of nitrogens with one attached hydrogen (secondary N) is 1. The average molecular weight is 275 g/mol. The van der Waals surface area contributed by atoms with Crippen LogP contribution in [-0.4, -0.2) is 18.1 Å². The first kappa shape index (κ1) is 14.0. The van der Waals surface area contributed by atoms with E-state index in [2.05, 4.69) is 9.72 Å².